The van der Waals surface area contributed by atoms with Gasteiger partial charge in [0.2, 0.25) is 10.0 Å². The molecular weight excluding hydrogens is 240 g/mol. The molecule has 1 aromatic heterocycles. The van der Waals surface area contributed by atoms with Crippen LogP contribution in [-0.4, -0.2) is 34.9 Å². The van der Waals surface area contributed by atoms with E-state index in [2.05, 4.69) is 4.98 Å². The molecule has 1 aliphatic heterocycles. The second kappa shape index (κ2) is 4.12. The topological polar surface area (TPSA) is 73.4 Å². The van der Waals surface area contributed by atoms with Gasteiger partial charge in [0.25, 0.3) is 0 Å². The highest BCUT2D eigenvalue weighted by Gasteiger charge is 2.41. The molecule has 0 aliphatic carbocycles. The van der Waals surface area contributed by atoms with Crippen LogP contribution in [0.1, 0.15) is 32.4 Å². The monoisotopic (exact) mass is 258 g/mol. The van der Waals surface area contributed by atoms with E-state index in [9.17, 15) is 8.42 Å². The molecule has 1 aromatic rings. The number of aliphatic hydroxyl groups is 1. The van der Waals surface area contributed by atoms with E-state index in [4.69, 9.17) is 5.11 Å². The molecule has 17 heavy (non-hydrogen) atoms. The highest BCUT2D eigenvalue weighted by Crippen LogP contribution is 2.33. The maximum Gasteiger partial charge on any atom is 0.245 e. The lowest BCUT2D eigenvalue weighted by Gasteiger charge is -2.30. The highest BCUT2D eigenvalue weighted by molar-refractivity contribution is 7.89. The van der Waals surface area contributed by atoms with Crippen molar-refractivity contribution >= 4 is 10.0 Å². The molecular formula is C11H18N2O3S. The zero-order chi connectivity index (χ0) is 12.7. The third-order valence-corrected chi connectivity index (χ3v) is 5.39. The van der Waals surface area contributed by atoms with Gasteiger partial charge in [-0.05, 0) is 32.8 Å². The molecule has 96 valence electrons. The van der Waals surface area contributed by atoms with Crippen LogP contribution in [0.5, 0.6) is 0 Å². The van der Waals surface area contributed by atoms with Crippen molar-refractivity contribution in [2.75, 3.05) is 6.54 Å². The molecule has 2 heterocycles. The summed E-state index contributed by atoms with van der Waals surface area (Å²) >= 11 is 0. The maximum absolute atomic E-state index is 12.4. The summed E-state index contributed by atoms with van der Waals surface area (Å²) in [5.74, 6) is 0. The van der Waals surface area contributed by atoms with Crippen molar-refractivity contribution in [2.45, 2.75) is 43.7 Å². The van der Waals surface area contributed by atoms with Gasteiger partial charge in [-0.1, -0.05) is 0 Å². The van der Waals surface area contributed by atoms with Crippen LogP contribution >= 0.6 is 0 Å². The van der Waals surface area contributed by atoms with Crippen molar-refractivity contribution in [3.63, 3.8) is 0 Å². The molecule has 0 saturated carbocycles. The van der Waals surface area contributed by atoms with Gasteiger partial charge in [0.15, 0.2) is 0 Å². The largest absolute Gasteiger partial charge is 0.390 e. The van der Waals surface area contributed by atoms with E-state index in [1.165, 1.54) is 12.3 Å². The van der Waals surface area contributed by atoms with Gasteiger partial charge in [0.1, 0.15) is 0 Å². The number of sulfonamides is 1. The van der Waals surface area contributed by atoms with Gasteiger partial charge < -0.3 is 10.1 Å². The third-order valence-electron chi connectivity index (χ3n) is 3.30. The molecule has 2 N–H and O–H groups in total. The zero-order valence-corrected chi connectivity index (χ0v) is 10.9. The molecule has 0 spiro atoms. The van der Waals surface area contributed by atoms with E-state index >= 15 is 0 Å². The van der Waals surface area contributed by atoms with Crippen LogP contribution in [0.15, 0.2) is 17.2 Å². The molecule has 0 bridgehead atoms. The fraction of sp³-hybridized carbons (Fsp3) is 0.636. The summed E-state index contributed by atoms with van der Waals surface area (Å²) in [5, 5.41) is 8.94. The second-order valence-electron chi connectivity index (χ2n) is 5.01. The minimum absolute atomic E-state index is 0.182. The van der Waals surface area contributed by atoms with Crippen LogP contribution in [0, 0.1) is 0 Å². The quantitative estimate of drug-likeness (QED) is 0.851. The number of hydrogen-bond donors (Lipinski definition) is 2. The lowest BCUT2D eigenvalue weighted by molar-refractivity contribution is 0.277. The highest BCUT2D eigenvalue weighted by atomic mass is 32.2. The Bertz CT molecular complexity index is 505. The summed E-state index contributed by atoms with van der Waals surface area (Å²) in [7, 11) is -3.44. The summed E-state index contributed by atoms with van der Waals surface area (Å²) in [4.78, 5) is 2.99. The Hall–Kier alpha value is -0.850. The molecule has 0 unspecified atom stereocenters. The standard InChI is InChI=1S/C11H18N2O3S/c1-11(2)4-3-5-13(11)17(15,16)10-6-9(8-14)12-7-10/h6-7,12,14H,3-5,8H2,1-2H3. The fourth-order valence-electron chi connectivity index (χ4n) is 2.31. The van der Waals surface area contributed by atoms with Gasteiger partial charge in [-0.2, -0.15) is 4.31 Å². The number of nitrogens with one attached hydrogen (secondary N) is 1. The van der Waals surface area contributed by atoms with Crippen LogP contribution in [0.4, 0.5) is 0 Å². The van der Waals surface area contributed by atoms with Crippen LogP contribution in [0.2, 0.25) is 0 Å². The second-order valence-corrected chi connectivity index (χ2v) is 6.87. The Morgan fingerprint density at radius 3 is 2.71 bits per heavy atom. The number of rotatable bonds is 3. The van der Waals surface area contributed by atoms with Gasteiger partial charge >= 0.3 is 0 Å². The first-order valence-electron chi connectivity index (χ1n) is 5.69. The van der Waals surface area contributed by atoms with Crippen LogP contribution < -0.4 is 0 Å². The Kier molecular flexibility index (Phi) is 3.05. The van der Waals surface area contributed by atoms with Crippen molar-refractivity contribution in [3.05, 3.63) is 18.0 Å². The van der Waals surface area contributed by atoms with Crippen molar-refractivity contribution in [3.8, 4) is 0 Å². The van der Waals surface area contributed by atoms with E-state index < -0.39 is 10.0 Å². The van der Waals surface area contributed by atoms with Crippen molar-refractivity contribution in [1.29, 1.82) is 0 Å². The third kappa shape index (κ3) is 2.12. The minimum Gasteiger partial charge on any atom is -0.390 e. The van der Waals surface area contributed by atoms with Crippen LogP contribution in [0.25, 0.3) is 0 Å². The Morgan fingerprint density at radius 1 is 1.53 bits per heavy atom. The Labute approximate surface area is 102 Å². The normalized spacial score (nSPS) is 20.9. The average Bonchev–Trinajstić information content (AvgIpc) is 2.83. The number of aliphatic hydroxyl groups excluding tert-OH is 1. The molecule has 1 saturated heterocycles. The van der Waals surface area contributed by atoms with Gasteiger partial charge in [0.05, 0.1) is 11.5 Å². The molecule has 2 rings (SSSR count). The molecule has 0 aromatic carbocycles. The molecule has 0 amide bonds. The predicted octanol–water partition coefficient (Wildman–Crippen LogP) is 1.07. The summed E-state index contributed by atoms with van der Waals surface area (Å²) in [6.45, 7) is 4.27. The zero-order valence-electron chi connectivity index (χ0n) is 10.1. The predicted molar refractivity (Wildman–Crippen MR) is 63.9 cm³/mol. The molecule has 1 fully saturated rings. The smallest absolute Gasteiger partial charge is 0.245 e. The van der Waals surface area contributed by atoms with Crippen molar-refractivity contribution in [1.82, 2.24) is 9.29 Å². The number of aromatic nitrogens is 1. The SMILES string of the molecule is CC1(C)CCCN1S(=O)(=O)c1c[nH]c(CO)c1. The van der Waals surface area contributed by atoms with Gasteiger partial charge in [0, 0.05) is 24.0 Å². The first-order chi connectivity index (χ1) is 7.88. The summed E-state index contributed by atoms with van der Waals surface area (Å²) in [6, 6.07) is 1.49. The van der Waals surface area contributed by atoms with E-state index in [0.717, 1.165) is 12.8 Å². The van der Waals surface area contributed by atoms with E-state index in [1.807, 2.05) is 13.8 Å². The number of hydrogen-bond acceptors (Lipinski definition) is 3. The number of H-pyrrole nitrogens is 1. The Balaban J connectivity index is 2.36. The van der Waals surface area contributed by atoms with E-state index in [-0.39, 0.29) is 17.0 Å². The minimum atomic E-state index is -3.44. The molecule has 0 radical (unpaired) electrons. The summed E-state index contributed by atoms with van der Waals surface area (Å²) in [5.41, 5.74) is 0.190. The molecule has 6 heteroatoms. The number of nitrogens with zero attached hydrogens (tertiary/aromatic N) is 1. The van der Waals surface area contributed by atoms with E-state index in [0.29, 0.717) is 12.2 Å². The molecule has 1 aliphatic rings. The van der Waals surface area contributed by atoms with Crippen molar-refractivity contribution in [2.24, 2.45) is 0 Å². The average molecular weight is 258 g/mol. The first kappa shape index (κ1) is 12.6. The molecule has 5 nitrogen and oxygen atoms in total. The van der Waals surface area contributed by atoms with Gasteiger partial charge in [-0.25, -0.2) is 8.42 Å². The van der Waals surface area contributed by atoms with Crippen LogP contribution in [0.3, 0.4) is 0 Å². The van der Waals surface area contributed by atoms with Gasteiger partial charge in [-0.3, -0.25) is 0 Å². The molecule has 0 atom stereocenters. The van der Waals surface area contributed by atoms with Crippen LogP contribution in [-0.2, 0) is 16.6 Å². The summed E-state index contributed by atoms with van der Waals surface area (Å²) in [6.07, 6.45) is 3.21. The lowest BCUT2D eigenvalue weighted by atomic mass is 10.0. The first-order valence-corrected chi connectivity index (χ1v) is 7.13. The Morgan fingerprint density at radius 2 is 2.24 bits per heavy atom. The lowest BCUT2D eigenvalue weighted by Crippen LogP contribution is -2.42. The van der Waals surface area contributed by atoms with E-state index in [1.54, 1.807) is 4.31 Å². The van der Waals surface area contributed by atoms with Crippen molar-refractivity contribution < 1.29 is 13.5 Å². The maximum atomic E-state index is 12.4. The van der Waals surface area contributed by atoms with Gasteiger partial charge in [-0.15, -0.1) is 0 Å². The summed E-state index contributed by atoms with van der Waals surface area (Å²) < 4.78 is 26.4. The fourth-order valence-corrected chi connectivity index (χ4v) is 4.18. The number of aromatic amines is 1.